The first-order chi connectivity index (χ1) is 12.1. The lowest BCUT2D eigenvalue weighted by molar-refractivity contribution is 0.0729. The second-order valence-electron chi connectivity index (χ2n) is 5.95. The highest BCUT2D eigenvalue weighted by atomic mass is 35.5. The molecule has 6 heteroatoms. The van der Waals surface area contributed by atoms with Crippen molar-refractivity contribution in [3.8, 4) is 0 Å². The number of aryl methyl sites for hydroxylation is 1. The Morgan fingerprint density at radius 3 is 2.96 bits per heavy atom. The van der Waals surface area contributed by atoms with Gasteiger partial charge in [-0.25, -0.2) is 0 Å². The van der Waals surface area contributed by atoms with Crippen LogP contribution in [0, 0.1) is 6.92 Å². The van der Waals surface area contributed by atoms with Crippen molar-refractivity contribution in [1.82, 2.24) is 9.88 Å². The van der Waals surface area contributed by atoms with Gasteiger partial charge in [0.1, 0.15) is 6.17 Å². The van der Waals surface area contributed by atoms with Crippen LogP contribution < -0.4 is 5.32 Å². The molecule has 0 bridgehead atoms. The number of thiophene rings is 1. The smallest absolute Gasteiger partial charge is 0.258 e. The van der Waals surface area contributed by atoms with Crippen LogP contribution in [0.1, 0.15) is 32.7 Å². The first-order valence-electron chi connectivity index (χ1n) is 7.94. The summed E-state index contributed by atoms with van der Waals surface area (Å²) >= 11 is 7.79. The van der Waals surface area contributed by atoms with Gasteiger partial charge >= 0.3 is 0 Å². The summed E-state index contributed by atoms with van der Waals surface area (Å²) < 4.78 is 0. The predicted molar refractivity (Wildman–Crippen MR) is 101 cm³/mol. The molecule has 1 atom stereocenters. The number of amides is 1. The number of carbonyl (C=O) groups excluding carboxylic acids is 1. The summed E-state index contributed by atoms with van der Waals surface area (Å²) in [6, 6.07) is 13.4. The monoisotopic (exact) mass is 369 g/mol. The molecule has 0 saturated heterocycles. The molecule has 1 amide bonds. The maximum atomic E-state index is 12.9. The van der Waals surface area contributed by atoms with Crippen molar-refractivity contribution in [3.63, 3.8) is 0 Å². The van der Waals surface area contributed by atoms with E-state index in [1.165, 1.54) is 0 Å². The Morgan fingerprint density at radius 2 is 2.16 bits per heavy atom. The third-order valence-electron chi connectivity index (χ3n) is 4.30. The molecule has 1 N–H and O–H groups in total. The van der Waals surface area contributed by atoms with Crippen LogP contribution in [0.4, 0.5) is 5.69 Å². The van der Waals surface area contributed by atoms with Crippen LogP contribution in [0.15, 0.2) is 54.0 Å². The number of hydrogen-bond acceptors (Lipinski definition) is 4. The van der Waals surface area contributed by atoms with E-state index in [4.69, 9.17) is 11.6 Å². The van der Waals surface area contributed by atoms with Gasteiger partial charge in [0.2, 0.25) is 0 Å². The molecule has 3 heterocycles. The van der Waals surface area contributed by atoms with Gasteiger partial charge < -0.3 is 10.2 Å². The molecule has 1 aliphatic rings. The quantitative estimate of drug-likeness (QED) is 0.713. The maximum absolute atomic E-state index is 12.9. The molecule has 2 aromatic heterocycles. The normalized spacial score (nSPS) is 16.2. The second kappa shape index (κ2) is 6.50. The van der Waals surface area contributed by atoms with Gasteiger partial charge in [0.15, 0.2) is 0 Å². The number of carbonyl (C=O) groups is 1. The van der Waals surface area contributed by atoms with Crippen LogP contribution >= 0.6 is 22.9 Å². The van der Waals surface area contributed by atoms with Gasteiger partial charge in [0.05, 0.1) is 17.8 Å². The van der Waals surface area contributed by atoms with E-state index in [9.17, 15) is 4.79 Å². The Morgan fingerprint density at radius 1 is 1.28 bits per heavy atom. The van der Waals surface area contributed by atoms with E-state index >= 15 is 0 Å². The zero-order valence-electron chi connectivity index (χ0n) is 13.6. The average Bonchev–Trinajstić information content (AvgIpc) is 3.21. The zero-order valence-corrected chi connectivity index (χ0v) is 15.1. The molecular weight excluding hydrogens is 354 g/mol. The number of rotatable bonds is 4. The summed E-state index contributed by atoms with van der Waals surface area (Å²) in [5.41, 5.74) is 3.37. The van der Waals surface area contributed by atoms with E-state index < -0.39 is 0 Å². The number of nitrogens with zero attached hydrogens (tertiary/aromatic N) is 2. The lowest BCUT2D eigenvalue weighted by atomic mass is 10.1. The van der Waals surface area contributed by atoms with Crippen LogP contribution in [-0.2, 0) is 6.54 Å². The SMILES string of the molecule is Cc1ccc(Cl)cc1N[C@H]1c2ncccc2C(=O)N1Cc1cccs1. The van der Waals surface area contributed by atoms with Crippen molar-refractivity contribution in [2.24, 2.45) is 0 Å². The van der Waals surface area contributed by atoms with E-state index in [1.54, 1.807) is 23.6 Å². The minimum atomic E-state index is -0.317. The molecule has 1 aliphatic heterocycles. The molecule has 0 radical (unpaired) electrons. The van der Waals surface area contributed by atoms with E-state index in [0.717, 1.165) is 21.8 Å². The number of anilines is 1. The molecule has 126 valence electrons. The molecule has 25 heavy (non-hydrogen) atoms. The van der Waals surface area contributed by atoms with Crippen molar-refractivity contribution in [2.45, 2.75) is 19.6 Å². The summed E-state index contributed by atoms with van der Waals surface area (Å²) in [6.07, 6.45) is 1.41. The fourth-order valence-corrected chi connectivity index (χ4v) is 3.89. The van der Waals surface area contributed by atoms with Crippen molar-refractivity contribution in [2.75, 3.05) is 5.32 Å². The number of hydrogen-bond donors (Lipinski definition) is 1. The number of pyridine rings is 1. The minimum absolute atomic E-state index is 0.00585. The van der Waals surface area contributed by atoms with Crippen molar-refractivity contribution < 1.29 is 4.79 Å². The lowest BCUT2D eigenvalue weighted by Crippen LogP contribution is -2.32. The first-order valence-corrected chi connectivity index (χ1v) is 9.20. The van der Waals surface area contributed by atoms with E-state index in [0.29, 0.717) is 17.1 Å². The number of nitrogens with one attached hydrogen (secondary N) is 1. The number of aromatic nitrogens is 1. The number of halogens is 1. The third kappa shape index (κ3) is 3.01. The van der Waals surface area contributed by atoms with Crippen LogP contribution in [0.3, 0.4) is 0 Å². The number of fused-ring (bicyclic) bond motifs is 1. The fourth-order valence-electron chi connectivity index (χ4n) is 3.01. The summed E-state index contributed by atoms with van der Waals surface area (Å²) in [7, 11) is 0. The summed E-state index contributed by atoms with van der Waals surface area (Å²) in [5.74, 6) is -0.00585. The Hall–Kier alpha value is -2.37. The van der Waals surface area contributed by atoms with Crippen LogP contribution in [0.25, 0.3) is 0 Å². The van der Waals surface area contributed by atoms with Gasteiger partial charge in [-0.3, -0.25) is 9.78 Å². The molecule has 0 spiro atoms. The summed E-state index contributed by atoms with van der Waals surface area (Å²) in [5, 5.41) is 6.14. The van der Waals surface area contributed by atoms with E-state index in [2.05, 4.69) is 10.3 Å². The Labute approximate surface area is 155 Å². The van der Waals surface area contributed by atoms with Gasteiger partial charge in [0, 0.05) is 21.8 Å². The number of benzene rings is 1. The highest BCUT2D eigenvalue weighted by molar-refractivity contribution is 7.09. The van der Waals surface area contributed by atoms with Crippen molar-refractivity contribution >= 4 is 34.5 Å². The van der Waals surface area contributed by atoms with Crippen LogP contribution in [-0.4, -0.2) is 15.8 Å². The minimum Gasteiger partial charge on any atom is -0.360 e. The molecular formula is C19H16ClN3OS. The van der Waals surface area contributed by atoms with E-state index in [-0.39, 0.29) is 12.1 Å². The highest BCUT2D eigenvalue weighted by Gasteiger charge is 2.38. The van der Waals surface area contributed by atoms with Crippen molar-refractivity contribution in [1.29, 1.82) is 0 Å². The molecule has 0 aliphatic carbocycles. The molecule has 0 saturated carbocycles. The topological polar surface area (TPSA) is 45.2 Å². The third-order valence-corrected chi connectivity index (χ3v) is 5.39. The Bertz CT molecular complexity index is 926. The molecule has 3 aromatic rings. The lowest BCUT2D eigenvalue weighted by Gasteiger charge is -2.26. The molecule has 0 fully saturated rings. The van der Waals surface area contributed by atoms with E-state index in [1.807, 2.05) is 53.6 Å². The summed E-state index contributed by atoms with van der Waals surface area (Å²) in [4.78, 5) is 20.3. The van der Waals surface area contributed by atoms with Crippen LogP contribution in [0.2, 0.25) is 5.02 Å². The first kappa shape index (κ1) is 16.1. The maximum Gasteiger partial charge on any atom is 0.258 e. The Balaban J connectivity index is 1.72. The highest BCUT2D eigenvalue weighted by Crippen LogP contribution is 2.35. The van der Waals surface area contributed by atoms with Gasteiger partial charge in [-0.2, -0.15) is 0 Å². The Kier molecular flexibility index (Phi) is 4.19. The van der Waals surface area contributed by atoms with Gasteiger partial charge in [0.25, 0.3) is 5.91 Å². The van der Waals surface area contributed by atoms with Crippen LogP contribution in [0.5, 0.6) is 0 Å². The molecule has 4 nitrogen and oxygen atoms in total. The second-order valence-corrected chi connectivity index (χ2v) is 7.42. The summed E-state index contributed by atoms with van der Waals surface area (Å²) in [6.45, 7) is 2.56. The molecule has 1 aromatic carbocycles. The van der Waals surface area contributed by atoms with Gasteiger partial charge in [-0.05, 0) is 48.2 Å². The molecule has 4 rings (SSSR count). The average molecular weight is 370 g/mol. The standard InChI is InChI=1S/C19H16ClN3OS/c1-12-6-7-13(20)10-16(12)22-18-17-15(5-2-8-21-17)19(24)23(18)11-14-4-3-9-25-14/h2-10,18,22H,11H2,1H3/t18-/m1/s1. The van der Waals surface area contributed by atoms with Gasteiger partial charge in [-0.15, -0.1) is 11.3 Å². The molecule has 0 unspecified atom stereocenters. The largest absolute Gasteiger partial charge is 0.360 e. The predicted octanol–water partition coefficient (Wildman–Crippen LogP) is 4.87. The fraction of sp³-hybridized carbons (Fsp3) is 0.158. The van der Waals surface area contributed by atoms with Gasteiger partial charge in [-0.1, -0.05) is 23.7 Å². The zero-order chi connectivity index (χ0) is 17.4. The van der Waals surface area contributed by atoms with Crippen molar-refractivity contribution in [3.05, 3.63) is 80.8 Å².